The Morgan fingerprint density at radius 3 is 1.62 bits per heavy atom. The zero-order valence-electron chi connectivity index (χ0n) is 33.5. The van der Waals surface area contributed by atoms with Crippen molar-refractivity contribution in [2.24, 2.45) is 0 Å². The highest BCUT2D eigenvalue weighted by atomic mass is 16.3. The molecular weight excluding hydrogens is 745 g/mol. The molecule has 13 rings (SSSR count). The fraction of sp³-hybridized carbons (Fsp3) is 0.0536. The molecule has 1 aliphatic rings. The molecule has 61 heavy (non-hydrogen) atoms. The minimum absolute atomic E-state index is 0.223. The molecule has 0 spiro atoms. The van der Waals surface area contributed by atoms with Gasteiger partial charge < -0.3 is 8.98 Å². The van der Waals surface area contributed by atoms with Crippen molar-refractivity contribution in [2.75, 3.05) is 0 Å². The van der Waals surface area contributed by atoms with Crippen LogP contribution in [0.1, 0.15) is 25.0 Å². The molecule has 3 aromatic heterocycles. The van der Waals surface area contributed by atoms with Gasteiger partial charge in [0.15, 0.2) is 17.5 Å². The Bertz CT molecular complexity index is 3690. The van der Waals surface area contributed by atoms with Gasteiger partial charge in [-0.3, -0.25) is 0 Å². The summed E-state index contributed by atoms with van der Waals surface area (Å²) in [6, 6.07) is 64.7. The Morgan fingerprint density at radius 1 is 0.393 bits per heavy atom. The van der Waals surface area contributed by atoms with E-state index in [1.54, 1.807) is 0 Å². The highest BCUT2D eigenvalue weighted by molar-refractivity contribution is 6.13. The predicted octanol–water partition coefficient (Wildman–Crippen LogP) is 14.5. The number of aromatic nitrogens is 4. The average Bonchev–Trinajstić information content (AvgIpc) is 3.91. The van der Waals surface area contributed by atoms with Crippen molar-refractivity contribution >= 4 is 65.3 Å². The van der Waals surface area contributed by atoms with Gasteiger partial charge in [0.2, 0.25) is 0 Å². The summed E-state index contributed by atoms with van der Waals surface area (Å²) in [4.78, 5) is 15.6. The number of fused-ring (bicyclic) bond motifs is 11. The Labute approximate surface area is 351 Å². The number of para-hydroxylation sites is 2. The molecule has 3 heterocycles. The molecule has 0 saturated heterocycles. The molecule has 0 radical (unpaired) electrons. The predicted molar refractivity (Wildman–Crippen MR) is 250 cm³/mol. The summed E-state index contributed by atoms with van der Waals surface area (Å²) in [6.07, 6.45) is 0. The number of rotatable bonds is 4. The second-order valence-corrected chi connectivity index (χ2v) is 16.8. The SMILES string of the molecule is CC1(C)c2cc3oc4ccccc4c3cc2-c2cc3c4ccccc4n(-c4ccc(-c5nc(-c6cccc7ccccc67)nc(-c6cccc7ccccc67)n5)cc4)c3cc21. The summed E-state index contributed by atoms with van der Waals surface area (Å²) in [5, 5.41) is 9.27. The number of hydrogen-bond donors (Lipinski definition) is 0. The lowest BCUT2D eigenvalue weighted by Crippen LogP contribution is -2.15. The van der Waals surface area contributed by atoms with Crippen LogP contribution in [0.25, 0.3) is 116 Å². The van der Waals surface area contributed by atoms with E-state index in [-0.39, 0.29) is 5.41 Å². The second-order valence-electron chi connectivity index (χ2n) is 16.8. The highest BCUT2D eigenvalue weighted by Crippen LogP contribution is 2.53. The zero-order chi connectivity index (χ0) is 40.4. The molecule has 5 heteroatoms. The zero-order valence-corrected chi connectivity index (χ0v) is 33.5. The number of furan rings is 1. The Hall–Kier alpha value is -7.89. The lowest BCUT2D eigenvalue weighted by Gasteiger charge is -2.21. The molecule has 0 atom stereocenters. The lowest BCUT2D eigenvalue weighted by molar-refractivity contribution is 0.647. The summed E-state index contributed by atoms with van der Waals surface area (Å²) in [7, 11) is 0. The van der Waals surface area contributed by atoms with Crippen LogP contribution in [-0.4, -0.2) is 19.5 Å². The first-order valence-corrected chi connectivity index (χ1v) is 20.8. The van der Waals surface area contributed by atoms with Gasteiger partial charge in [-0.15, -0.1) is 0 Å². The van der Waals surface area contributed by atoms with Crippen molar-refractivity contribution < 1.29 is 4.42 Å². The summed E-state index contributed by atoms with van der Waals surface area (Å²) in [6.45, 7) is 4.68. The summed E-state index contributed by atoms with van der Waals surface area (Å²) in [5.41, 5.74) is 13.1. The fourth-order valence-corrected chi connectivity index (χ4v) is 10.0. The topological polar surface area (TPSA) is 56.7 Å². The van der Waals surface area contributed by atoms with Crippen LogP contribution in [0.4, 0.5) is 0 Å². The molecular formula is C56H36N4O. The fourth-order valence-electron chi connectivity index (χ4n) is 10.0. The molecule has 5 nitrogen and oxygen atoms in total. The van der Waals surface area contributed by atoms with E-state index >= 15 is 0 Å². The van der Waals surface area contributed by atoms with Crippen LogP contribution in [0, 0.1) is 0 Å². The van der Waals surface area contributed by atoms with Gasteiger partial charge in [0, 0.05) is 49.3 Å². The molecule has 12 aromatic rings. The summed E-state index contributed by atoms with van der Waals surface area (Å²) >= 11 is 0. The second kappa shape index (κ2) is 12.6. The van der Waals surface area contributed by atoms with E-state index < -0.39 is 0 Å². The third-order valence-corrected chi connectivity index (χ3v) is 13.0. The van der Waals surface area contributed by atoms with Gasteiger partial charge >= 0.3 is 0 Å². The Morgan fingerprint density at radius 2 is 0.934 bits per heavy atom. The van der Waals surface area contributed by atoms with Crippen LogP contribution in [0.15, 0.2) is 186 Å². The third kappa shape index (κ3) is 4.98. The summed E-state index contributed by atoms with van der Waals surface area (Å²) in [5.74, 6) is 1.93. The van der Waals surface area contributed by atoms with Crippen LogP contribution >= 0.6 is 0 Å². The molecule has 286 valence electrons. The van der Waals surface area contributed by atoms with Gasteiger partial charge in [-0.1, -0.05) is 135 Å². The molecule has 0 saturated carbocycles. The van der Waals surface area contributed by atoms with E-state index in [1.165, 1.54) is 44.1 Å². The van der Waals surface area contributed by atoms with Crippen molar-refractivity contribution in [1.29, 1.82) is 0 Å². The van der Waals surface area contributed by atoms with E-state index in [4.69, 9.17) is 19.4 Å². The van der Waals surface area contributed by atoms with Crippen LogP contribution in [0.2, 0.25) is 0 Å². The first-order chi connectivity index (χ1) is 30.0. The molecule has 0 N–H and O–H groups in total. The van der Waals surface area contributed by atoms with E-state index in [0.717, 1.165) is 65.9 Å². The molecule has 0 aliphatic heterocycles. The van der Waals surface area contributed by atoms with E-state index in [2.05, 4.69) is 194 Å². The molecule has 0 amide bonds. The van der Waals surface area contributed by atoms with Gasteiger partial charge in [0.25, 0.3) is 0 Å². The van der Waals surface area contributed by atoms with Crippen molar-refractivity contribution in [3.8, 4) is 51.0 Å². The molecule has 0 bridgehead atoms. The normalized spacial score (nSPS) is 13.2. The first kappa shape index (κ1) is 34.0. The number of hydrogen-bond acceptors (Lipinski definition) is 4. The first-order valence-electron chi connectivity index (χ1n) is 20.8. The third-order valence-electron chi connectivity index (χ3n) is 13.0. The maximum absolute atomic E-state index is 6.38. The van der Waals surface area contributed by atoms with Crippen molar-refractivity contribution in [3.05, 3.63) is 193 Å². The van der Waals surface area contributed by atoms with Gasteiger partial charge in [-0.05, 0) is 104 Å². The number of benzene rings is 9. The minimum atomic E-state index is -0.223. The highest BCUT2D eigenvalue weighted by Gasteiger charge is 2.37. The Balaban J connectivity index is 0.976. The largest absolute Gasteiger partial charge is 0.456 e. The van der Waals surface area contributed by atoms with E-state index in [0.29, 0.717) is 17.5 Å². The van der Waals surface area contributed by atoms with Crippen LogP contribution < -0.4 is 0 Å². The Kier molecular flexibility index (Phi) is 7.00. The van der Waals surface area contributed by atoms with Gasteiger partial charge in [-0.2, -0.15) is 0 Å². The van der Waals surface area contributed by atoms with Crippen molar-refractivity contribution in [3.63, 3.8) is 0 Å². The quantitative estimate of drug-likeness (QED) is 0.178. The van der Waals surface area contributed by atoms with Gasteiger partial charge in [-0.25, -0.2) is 15.0 Å². The van der Waals surface area contributed by atoms with Crippen molar-refractivity contribution in [2.45, 2.75) is 19.3 Å². The van der Waals surface area contributed by atoms with Gasteiger partial charge in [0.05, 0.1) is 11.0 Å². The maximum atomic E-state index is 6.38. The molecule has 9 aromatic carbocycles. The monoisotopic (exact) mass is 780 g/mol. The smallest absolute Gasteiger partial charge is 0.164 e. The van der Waals surface area contributed by atoms with Crippen LogP contribution in [0.3, 0.4) is 0 Å². The minimum Gasteiger partial charge on any atom is -0.456 e. The molecule has 0 fully saturated rings. The molecule has 0 unspecified atom stereocenters. The average molecular weight is 781 g/mol. The number of nitrogens with zero attached hydrogens (tertiary/aromatic N) is 4. The van der Waals surface area contributed by atoms with E-state index in [9.17, 15) is 0 Å². The van der Waals surface area contributed by atoms with E-state index in [1.807, 2.05) is 6.07 Å². The van der Waals surface area contributed by atoms with Crippen LogP contribution in [0.5, 0.6) is 0 Å². The van der Waals surface area contributed by atoms with Crippen molar-refractivity contribution in [1.82, 2.24) is 19.5 Å². The van der Waals surface area contributed by atoms with Crippen LogP contribution in [-0.2, 0) is 5.41 Å². The summed E-state index contributed by atoms with van der Waals surface area (Å²) < 4.78 is 8.79. The lowest BCUT2D eigenvalue weighted by atomic mass is 9.82. The standard InChI is InChI=1S/C56H36N4O/c1-56(2)47-31-50-45(29-43(47)44-30-46-40-20-8-10-24-51(40)61-52(46)32-48(44)56)39-19-7-9-23-49(39)60(50)36-27-25-35(26-28-36)53-57-54(41-21-11-15-33-13-3-5-17-37(33)41)59-55(58-53)42-22-12-16-34-14-4-6-18-38(34)42/h3-32H,1-2H3. The maximum Gasteiger partial charge on any atom is 0.164 e. The molecule has 1 aliphatic carbocycles. The van der Waals surface area contributed by atoms with Gasteiger partial charge in [0.1, 0.15) is 11.2 Å².